The molecule has 27 heavy (non-hydrogen) atoms. The van der Waals surface area contributed by atoms with Gasteiger partial charge < -0.3 is 20.3 Å². The van der Waals surface area contributed by atoms with Crippen LogP contribution in [-0.2, 0) is 11.2 Å². The molecule has 0 fully saturated rings. The van der Waals surface area contributed by atoms with Gasteiger partial charge in [-0.2, -0.15) is 0 Å². The number of hydrogen-bond donors (Lipinski definition) is 2. The summed E-state index contributed by atoms with van der Waals surface area (Å²) in [5.74, 6) is 2.21. The predicted molar refractivity (Wildman–Crippen MR) is 112 cm³/mol. The Hall–Kier alpha value is -2.24. The van der Waals surface area contributed by atoms with Crippen LogP contribution in [0.25, 0.3) is 0 Å². The highest BCUT2D eigenvalue weighted by molar-refractivity contribution is 5.84. The first kappa shape index (κ1) is 22.8. The van der Waals surface area contributed by atoms with E-state index in [1.54, 1.807) is 26.1 Å². The topological polar surface area (TPSA) is 66.0 Å². The number of carbonyl (C=O) groups excluding carboxylic acids is 1. The number of methoxy groups -OCH3 is 1. The number of likely N-dealkylation sites (N-methyl/N-ethyl adjacent to an activating group) is 1. The van der Waals surface area contributed by atoms with Crippen molar-refractivity contribution in [1.29, 1.82) is 0 Å². The summed E-state index contributed by atoms with van der Waals surface area (Å²) in [7, 11) is 5.15. The summed E-state index contributed by atoms with van der Waals surface area (Å²) in [6.45, 7) is 7.49. The Morgan fingerprint density at radius 3 is 2.37 bits per heavy atom. The normalized spacial score (nSPS) is 12.6. The van der Waals surface area contributed by atoms with E-state index in [2.05, 4.69) is 48.5 Å². The molecule has 0 aromatic heterocycles. The molecule has 0 saturated carbocycles. The van der Waals surface area contributed by atoms with Crippen molar-refractivity contribution < 1.29 is 9.53 Å². The van der Waals surface area contributed by atoms with E-state index in [4.69, 9.17) is 4.74 Å². The van der Waals surface area contributed by atoms with Gasteiger partial charge in [-0.1, -0.05) is 26.0 Å². The molecule has 1 aromatic rings. The van der Waals surface area contributed by atoms with Crippen LogP contribution in [0.4, 0.5) is 0 Å². The van der Waals surface area contributed by atoms with Crippen LogP contribution >= 0.6 is 0 Å². The highest BCUT2D eigenvalue weighted by Gasteiger charge is 2.09. The second-order valence-electron chi connectivity index (χ2n) is 7.49. The first-order valence-corrected chi connectivity index (χ1v) is 9.69. The molecule has 0 bridgehead atoms. The van der Waals surface area contributed by atoms with Crippen LogP contribution in [0.3, 0.4) is 0 Å². The molecule has 0 saturated heterocycles. The predicted octanol–water partition coefficient (Wildman–Crippen LogP) is 2.69. The van der Waals surface area contributed by atoms with Crippen LogP contribution in [0.5, 0.6) is 5.75 Å². The lowest BCUT2D eigenvalue weighted by Gasteiger charge is -2.19. The summed E-state index contributed by atoms with van der Waals surface area (Å²) in [5.41, 5.74) is 1.22. The molecule has 1 atom stereocenters. The quantitative estimate of drug-likeness (QED) is 0.487. The Morgan fingerprint density at radius 2 is 1.81 bits per heavy atom. The van der Waals surface area contributed by atoms with E-state index in [0.717, 1.165) is 31.6 Å². The summed E-state index contributed by atoms with van der Waals surface area (Å²) >= 11 is 0. The first-order chi connectivity index (χ1) is 12.8. The van der Waals surface area contributed by atoms with Gasteiger partial charge in [-0.25, -0.2) is 4.99 Å². The highest BCUT2D eigenvalue weighted by Crippen LogP contribution is 2.11. The molecule has 2 N–H and O–H groups in total. The fraction of sp³-hybridized carbons (Fsp3) is 0.619. The number of aliphatic imine (C=N–C) groups is 1. The molecule has 6 heteroatoms. The lowest BCUT2D eigenvalue weighted by atomic mass is 10.0. The van der Waals surface area contributed by atoms with Gasteiger partial charge in [0.15, 0.2) is 5.96 Å². The third kappa shape index (κ3) is 9.87. The fourth-order valence-corrected chi connectivity index (χ4v) is 2.45. The molecule has 1 unspecified atom stereocenters. The number of rotatable bonds is 10. The molecule has 0 heterocycles. The number of benzene rings is 1. The van der Waals surface area contributed by atoms with Crippen molar-refractivity contribution in [2.75, 3.05) is 34.3 Å². The summed E-state index contributed by atoms with van der Waals surface area (Å²) in [5, 5.41) is 6.77. The van der Waals surface area contributed by atoms with Crippen LogP contribution in [0.2, 0.25) is 0 Å². The Labute approximate surface area is 164 Å². The summed E-state index contributed by atoms with van der Waals surface area (Å²) in [6.07, 6.45) is 3.09. The van der Waals surface area contributed by atoms with Gasteiger partial charge in [0, 0.05) is 26.7 Å². The average molecular weight is 377 g/mol. The third-order valence-electron chi connectivity index (χ3n) is 4.30. The minimum atomic E-state index is -0.0129. The monoisotopic (exact) mass is 376 g/mol. The van der Waals surface area contributed by atoms with Gasteiger partial charge in [-0.05, 0) is 49.8 Å². The minimum Gasteiger partial charge on any atom is -0.497 e. The third-order valence-corrected chi connectivity index (χ3v) is 4.30. The summed E-state index contributed by atoms with van der Waals surface area (Å²) in [4.78, 5) is 17.9. The molecule has 0 aliphatic heterocycles. The van der Waals surface area contributed by atoms with Crippen LogP contribution in [0.15, 0.2) is 29.3 Å². The van der Waals surface area contributed by atoms with E-state index >= 15 is 0 Å². The highest BCUT2D eigenvalue weighted by atomic mass is 16.5. The van der Waals surface area contributed by atoms with Crippen LogP contribution in [0.1, 0.15) is 39.2 Å². The Bertz CT molecular complexity index is 582. The van der Waals surface area contributed by atoms with E-state index in [0.29, 0.717) is 17.9 Å². The van der Waals surface area contributed by atoms with Gasteiger partial charge in [0.05, 0.1) is 7.11 Å². The molecule has 0 aliphatic rings. The van der Waals surface area contributed by atoms with Crippen molar-refractivity contribution >= 4 is 11.9 Å². The van der Waals surface area contributed by atoms with Gasteiger partial charge in [0.2, 0.25) is 5.91 Å². The molecule has 1 amide bonds. The molecular weight excluding hydrogens is 340 g/mol. The van der Waals surface area contributed by atoms with Crippen molar-refractivity contribution in [2.24, 2.45) is 10.9 Å². The van der Waals surface area contributed by atoms with Gasteiger partial charge in [-0.15, -0.1) is 0 Å². The first-order valence-electron chi connectivity index (χ1n) is 9.69. The van der Waals surface area contributed by atoms with E-state index < -0.39 is 0 Å². The van der Waals surface area contributed by atoms with Crippen molar-refractivity contribution in [3.63, 3.8) is 0 Å². The van der Waals surface area contributed by atoms with Gasteiger partial charge in [0.1, 0.15) is 12.3 Å². The van der Waals surface area contributed by atoms with Crippen LogP contribution in [0, 0.1) is 5.92 Å². The van der Waals surface area contributed by atoms with Crippen LogP contribution < -0.4 is 15.4 Å². The number of ether oxygens (including phenoxy) is 1. The largest absolute Gasteiger partial charge is 0.497 e. The molecule has 0 spiro atoms. The molecular formula is C21H36N4O2. The van der Waals surface area contributed by atoms with E-state index in [9.17, 15) is 4.79 Å². The maximum Gasteiger partial charge on any atom is 0.243 e. The number of guanidine groups is 1. The van der Waals surface area contributed by atoms with E-state index in [1.165, 1.54) is 5.56 Å². The average Bonchev–Trinajstić information content (AvgIpc) is 2.64. The molecule has 1 aromatic carbocycles. The van der Waals surface area contributed by atoms with Crippen molar-refractivity contribution in [2.45, 2.75) is 46.1 Å². The summed E-state index contributed by atoms with van der Waals surface area (Å²) in [6, 6.07) is 8.35. The smallest absolute Gasteiger partial charge is 0.243 e. The van der Waals surface area contributed by atoms with Crippen molar-refractivity contribution in [3.8, 4) is 5.75 Å². The lowest BCUT2D eigenvalue weighted by molar-refractivity contribution is -0.127. The zero-order valence-corrected chi connectivity index (χ0v) is 17.7. The maximum absolute atomic E-state index is 11.9. The van der Waals surface area contributed by atoms with Crippen molar-refractivity contribution in [3.05, 3.63) is 29.8 Å². The zero-order valence-electron chi connectivity index (χ0n) is 17.7. The van der Waals surface area contributed by atoms with Crippen LogP contribution in [-0.4, -0.2) is 57.1 Å². The number of hydrogen-bond acceptors (Lipinski definition) is 3. The SMILES string of the molecule is COc1ccc(CCNC(=NCC(=O)N(C)C)NC(C)CCC(C)C)cc1. The number of amides is 1. The summed E-state index contributed by atoms with van der Waals surface area (Å²) < 4.78 is 5.19. The minimum absolute atomic E-state index is 0.0129. The van der Waals surface area contributed by atoms with Gasteiger partial charge in [-0.3, -0.25) is 4.79 Å². The zero-order chi connectivity index (χ0) is 20.2. The van der Waals surface area contributed by atoms with Gasteiger partial charge >= 0.3 is 0 Å². The molecule has 152 valence electrons. The molecule has 6 nitrogen and oxygen atoms in total. The number of carbonyl (C=O) groups is 1. The maximum atomic E-state index is 11.9. The number of nitrogens with zero attached hydrogens (tertiary/aromatic N) is 2. The van der Waals surface area contributed by atoms with E-state index in [1.807, 2.05) is 12.1 Å². The molecule has 1 rings (SSSR count). The second kappa shape index (κ2) is 12.2. The second-order valence-corrected chi connectivity index (χ2v) is 7.49. The Morgan fingerprint density at radius 1 is 1.15 bits per heavy atom. The van der Waals surface area contributed by atoms with Gasteiger partial charge in [0.25, 0.3) is 0 Å². The van der Waals surface area contributed by atoms with E-state index in [-0.39, 0.29) is 12.5 Å². The fourth-order valence-electron chi connectivity index (χ4n) is 2.45. The Balaban J connectivity index is 2.60. The standard InChI is InChI=1S/C21H36N4O2/c1-16(2)7-8-17(3)24-21(23-15-20(26)25(4)5)22-14-13-18-9-11-19(27-6)12-10-18/h9-12,16-17H,7-8,13-15H2,1-6H3,(H2,22,23,24). The Kier molecular flexibility index (Phi) is 10.3. The van der Waals surface area contributed by atoms with Crippen molar-refractivity contribution in [1.82, 2.24) is 15.5 Å². The molecule has 0 radical (unpaired) electrons. The lowest BCUT2D eigenvalue weighted by Crippen LogP contribution is -2.43. The number of nitrogens with one attached hydrogen (secondary N) is 2. The molecule has 0 aliphatic carbocycles.